The summed E-state index contributed by atoms with van der Waals surface area (Å²) in [6.45, 7) is 0. The molecular formula is C26H26N4O7. The van der Waals surface area contributed by atoms with Crippen molar-refractivity contribution in [3.05, 3.63) is 64.3 Å². The van der Waals surface area contributed by atoms with Gasteiger partial charge in [-0.2, -0.15) is 0 Å². The number of anilines is 1. The summed E-state index contributed by atoms with van der Waals surface area (Å²) in [7, 11) is 3.45. The molecule has 37 heavy (non-hydrogen) atoms. The van der Waals surface area contributed by atoms with Gasteiger partial charge in [-0.15, -0.1) is 0 Å². The zero-order chi connectivity index (χ0) is 26.4. The molecule has 1 aromatic heterocycles. The first kappa shape index (κ1) is 23.5. The second kappa shape index (κ2) is 7.78. The molecule has 1 saturated heterocycles. The number of aromatic hydroxyl groups is 1. The Hall–Kier alpha value is -3.93. The fourth-order valence-electron chi connectivity index (χ4n) is 6.57. The molecule has 1 fully saturated rings. The number of phenols is 1. The molecule has 1 amide bonds. The number of carbonyl (C=O) groups excluding carboxylic acids is 2. The van der Waals surface area contributed by atoms with Crippen molar-refractivity contribution < 1.29 is 34.7 Å². The standard InChI is InChI=1S/C26H26N4O7/c1-30(2)19-13-8-10-7-12-11(15-5-3-4-6-29-15)9-14(27)20(31)17(12)21(32)16(10)23(34)26(13)24(36-37-26)18(22(19)33)25(28)35/h3-6,9-10,13,19,24,31,33-34H,7-8,27H2,1-2H3,(H2,28,35)/t10-,13-,19-,24?,26-/m0/s1. The van der Waals surface area contributed by atoms with Crippen LogP contribution in [0.1, 0.15) is 22.3 Å². The third-order valence-corrected chi connectivity index (χ3v) is 8.12. The van der Waals surface area contributed by atoms with Gasteiger partial charge in [-0.1, -0.05) is 6.07 Å². The monoisotopic (exact) mass is 506 g/mol. The van der Waals surface area contributed by atoms with E-state index in [1.54, 1.807) is 43.4 Å². The van der Waals surface area contributed by atoms with E-state index in [0.717, 1.165) is 0 Å². The Morgan fingerprint density at radius 1 is 1.24 bits per heavy atom. The van der Waals surface area contributed by atoms with E-state index in [0.29, 0.717) is 29.7 Å². The number of hydrogen-bond acceptors (Lipinski definition) is 10. The van der Waals surface area contributed by atoms with Crippen molar-refractivity contribution in [3.8, 4) is 17.0 Å². The maximum absolute atomic E-state index is 13.9. The summed E-state index contributed by atoms with van der Waals surface area (Å²) in [5.41, 5.74) is 11.7. The maximum Gasteiger partial charge on any atom is 0.250 e. The van der Waals surface area contributed by atoms with E-state index < -0.39 is 41.3 Å². The number of phenolic OH excluding ortho intramolecular Hbond substituents is 1. The minimum Gasteiger partial charge on any atom is -0.510 e. The molecule has 6 rings (SSSR count). The second-order valence-electron chi connectivity index (χ2n) is 10.2. The summed E-state index contributed by atoms with van der Waals surface area (Å²) in [6.07, 6.45) is 1.05. The van der Waals surface area contributed by atoms with E-state index in [-0.39, 0.29) is 39.7 Å². The maximum atomic E-state index is 13.9. The molecule has 4 aliphatic rings. The van der Waals surface area contributed by atoms with E-state index >= 15 is 0 Å². The van der Waals surface area contributed by atoms with Crippen molar-refractivity contribution in [2.45, 2.75) is 30.6 Å². The minimum atomic E-state index is -1.59. The molecule has 1 spiro atoms. The van der Waals surface area contributed by atoms with E-state index in [9.17, 15) is 24.9 Å². The summed E-state index contributed by atoms with van der Waals surface area (Å²) in [4.78, 5) is 43.1. The lowest BCUT2D eigenvalue weighted by Gasteiger charge is -2.59. The van der Waals surface area contributed by atoms with Crippen molar-refractivity contribution in [2.24, 2.45) is 17.6 Å². The van der Waals surface area contributed by atoms with Gasteiger partial charge < -0.3 is 26.8 Å². The number of rotatable bonds is 3. The number of aliphatic hydroxyl groups is 2. The van der Waals surface area contributed by atoms with E-state index in [2.05, 4.69) is 4.98 Å². The molecule has 3 aliphatic carbocycles. The highest BCUT2D eigenvalue weighted by Gasteiger charge is 2.71. The highest BCUT2D eigenvalue weighted by atomic mass is 17.3. The number of aromatic nitrogens is 1. The fourth-order valence-corrected chi connectivity index (χ4v) is 6.57. The Morgan fingerprint density at radius 2 is 2.00 bits per heavy atom. The third-order valence-electron chi connectivity index (χ3n) is 8.12. The van der Waals surface area contributed by atoms with Gasteiger partial charge in [-0.05, 0) is 56.6 Å². The smallest absolute Gasteiger partial charge is 0.250 e. The van der Waals surface area contributed by atoms with Crippen molar-refractivity contribution in [1.29, 1.82) is 0 Å². The van der Waals surface area contributed by atoms with Crippen molar-refractivity contribution in [2.75, 3.05) is 19.8 Å². The Bertz CT molecular complexity index is 1430. The number of primary amides is 1. The lowest BCUT2D eigenvalue weighted by Crippen LogP contribution is -2.72. The molecule has 1 unspecified atom stereocenters. The van der Waals surface area contributed by atoms with Gasteiger partial charge >= 0.3 is 0 Å². The quantitative estimate of drug-likeness (QED) is 0.233. The van der Waals surface area contributed by atoms with Crippen LogP contribution < -0.4 is 11.5 Å². The predicted molar refractivity (Wildman–Crippen MR) is 130 cm³/mol. The predicted octanol–water partition coefficient (Wildman–Crippen LogP) is 1.53. The third kappa shape index (κ3) is 2.90. The highest BCUT2D eigenvalue weighted by molar-refractivity contribution is 6.15. The number of amides is 1. The van der Waals surface area contributed by atoms with E-state index in [1.165, 1.54) is 0 Å². The number of likely N-dealkylation sites (N-methyl/N-ethyl adjacent to an activating group) is 1. The Morgan fingerprint density at radius 3 is 2.59 bits per heavy atom. The number of Topliss-reactive ketones (excluding diaryl/α,β-unsaturated/α-hetero) is 1. The van der Waals surface area contributed by atoms with E-state index in [1.807, 2.05) is 6.07 Å². The van der Waals surface area contributed by atoms with Crippen LogP contribution in [0.4, 0.5) is 5.69 Å². The van der Waals surface area contributed by atoms with Crippen LogP contribution in [0.3, 0.4) is 0 Å². The Balaban J connectivity index is 1.57. The molecule has 0 radical (unpaired) electrons. The van der Waals surface area contributed by atoms with Gasteiger partial charge in [0, 0.05) is 23.3 Å². The molecule has 0 bridgehead atoms. The first-order valence-corrected chi connectivity index (χ1v) is 11.9. The number of allylic oxidation sites excluding steroid dienone is 1. The van der Waals surface area contributed by atoms with Gasteiger partial charge in [0.2, 0.25) is 0 Å². The van der Waals surface area contributed by atoms with Crippen molar-refractivity contribution >= 4 is 17.4 Å². The average molecular weight is 507 g/mol. The molecule has 11 heteroatoms. The van der Waals surface area contributed by atoms with Gasteiger partial charge in [0.25, 0.3) is 5.91 Å². The molecular weight excluding hydrogens is 480 g/mol. The van der Waals surface area contributed by atoms with Crippen molar-refractivity contribution in [3.63, 3.8) is 0 Å². The second-order valence-corrected chi connectivity index (χ2v) is 10.2. The normalized spacial score (nSPS) is 30.3. The number of pyridine rings is 1. The zero-order valence-corrected chi connectivity index (χ0v) is 20.1. The number of nitrogen functional groups attached to an aromatic ring is 1. The zero-order valence-electron chi connectivity index (χ0n) is 20.1. The average Bonchev–Trinajstić information content (AvgIpc) is 2.83. The molecule has 1 aliphatic heterocycles. The molecule has 0 saturated carbocycles. The molecule has 2 heterocycles. The van der Waals surface area contributed by atoms with Gasteiger partial charge in [0.05, 0.1) is 28.6 Å². The number of fused-ring (bicyclic) bond motifs is 2. The lowest BCUT2D eigenvalue weighted by molar-refractivity contribution is -0.511. The summed E-state index contributed by atoms with van der Waals surface area (Å²) in [5.74, 6) is -3.56. The van der Waals surface area contributed by atoms with Crippen LogP contribution in [-0.4, -0.2) is 68.7 Å². The molecule has 5 atom stereocenters. The largest absolute Gasteiger partial charge is 0.510 e. The first-order valence-electron chi connectivity index (χ1n) is 11.9. The van der Waals surface area contributed by atoms with Crippen LogP contribution in [0.2, 0.25) is 0 Å². The minimum absolute atomic E-state index is 0.00132. The van der Waals surface area contributed by atoms with Crippen LogP contribution in [0.15, 0.2) is 53.1 Å². The van der Waals surface area contributed by atoms with Crippen LogP contribution in [0.25, 0.3) is 11.3 Å². The molecule has 11 nitrogen and oxygen atoms in total. The van der Waals surface area contributed by atoms with Crippen LogP contribution in [0, 0.1) is 11.8 Å². The van der Waals surface area contributed by atoms with Crippen LogP contribution in [0.5, 0.6) is 5.75 Å². The highest BCUT2D eigenvalue weighted by Crippen LogP contribution is 2.60. The Labute approximate surface area is 211 Å². The summed E-state index contributed by atoms with van der Waals surface area (Å²) in [6, 6.07) is 6.23. The van der Waals surface area contributed by atoms with Gasteiger partial charge in [-0.25, -0.2) is 9.78 Å². The number of nitrogens with zero attached hydrogens (tertiary/aromatic N) is 2. The van der Waals surface area contributed by atoms with Gasteiger partial charge in [0.15, 0.2) is 17.5 Å². The summed E-state index contributed by atoms with van der Waals surface area (Å²) >= 11 is 0. The molecule has 7 N–H and O–H groups in total. The number of carbonyl (C=O) groups is 2. The number of hydrogen-bond donors (Lipinski definition) is 5. The lowest BCUT2D eigenvalue weighted by atomic mass is 9.57. The number of ketones is 1. The molecule has 192 valence electrons. The molecule has 1 aromatic carbocycles. The summed E-state index contributed by atoms with van der Waals surface area (Å²) in [5, 5.41) is 33.6. The van der Waals surface area contributed by atoms with Crippen molar-refractivity contribution in [1.82, 2.24) is 9.88 Å². The topological polar surface area (TPSA) is 181 Å². The van der Waals surface area contributed by atoms with Gasteiger partial charge in [-0.3, -0.25) is 19.5 Å². The number of benzene rings is 1. The number of nitrogens with two attached hydrogens (primary N) is 2. The SMILES string of the molecule is CN(C)[C@@H]1C(O)=C(C(N)=O)C2OO[C@@]23C(O)=C2C(=O)c4c(O)c(N)cc(-c5ccccn5)c4C[C@H]2C[C@@H]13. The number of aliphatic hydroxyl groups excluding tert-OH is 2. The van der Waals surface area contributed by atoms with E-state index in [4.69, 9.17) is 21.2 Å². The molecule has 2 aromatic rings. The first-order chi connectivity index (χ1) is 17.6. The van der Waals surface area contributed by atoms with Crippen LogP contribution in [-0.2, 0) is 21.0 Å². The fraction of sp³-hybridized carbons (Fsp3) is 0.346. The van der Waals surface area contributed by atoms with Crippen LogP contribution >= 0.6 is 0 Å². The van der Waals surface area contributed by atoms with Gasteiger partial charge in [0.1, 0.15) is 17.3 Å². The Kier molecular flexibility index (Phi) is 4.94. The summed E-state index contributed by atoms with van der Waals surface area (Å²) < 4.78 is 0.